The van der Waals surface area contributed by atoms with Crippen molar-refractivity contribution in [3.63, 3.8) is 0 Å². The van der Waals surface area contributed by atoms with Gasteiger partial charge in [-0.2, -0.15) is 0 Å². The molecule has 3 rings (SSSR count). The topological polar surface area (TPSA) is 118 Å². The van der Waals surface area contributed by atoms with Crippen LogP contribution in [0.25, 0.3) is 10.9 Å². The van der Waals surface area contributed by atoms with Gasteiger partial charge < -0.3 is 9.63 Å². The van der Waals surface area contributed by atoms with Crippen molar-refractivity contribution < 1.29 is 19.2 Å². The SMILES string of the molecule is CSc1nnc(NC(=O)c2onc3cc(C(=O)O)ccc23)s1. The highest BCUT2D eigenvalue weighted by atomic mass is 32.2. The van der Waals surface area contributed by atoms with E-state index in [0.29, 0.717) is 16.0 Å². The summed E-state index contributed by atoms with van der Waals surface area (Å²) in [5.41, 5.74) is 0.369. The summed E-state index contributed by atoms with van der Waals surface area (Å²) in [6.07, 6.45) is 1.86. The Balaban J connectivity index is 1.89. The molecule has 2 heterocycles. The van der Waals surface area contributed by atoms with Gasteiger partial charge in [0, 0.05) is 0 Å². The molecule has 10 heteroatoms. The van der Waals surface area contributed by atoms with Crippen molar-refractivity contribution in [3.8, 4) is 0 Å². The van der Waals surface area contributed by atoms with E-state index in [0.717, 1.165) is 4.34 Å². The van der Waals surface area contributed by atoms with Gasteiger partial charge in [0.1, 0.15) is 5.52 Å². The van der Waals surface area contributed by atoms with E-state index < -0.39 is 11.9 Å². The minimum Gasteiger partial charge on any atom is -0.478 e. The number of aromatic nitrogens is 3. The van der Waals surface area contributed by atoms with Crippen molar-refractivity contribution in [1.82, 2.24) is 15.4 Å². The van der Waals surface area contributed by atoms with Gasteiger partial charge in [-0.3, -0.25) is 10.1 Å². The summed E-state index contributed by atoms with van der Waals surface area (Å²) >= 11 is 2.66. The lowest BCUT2D eigenvalue weighted by atomic mass is 10.1. The summed E-state index contributed by atoms with van der Waals surface area (Å²) in [5.74, 6) is -1.60. The van der Waals surface area contributed by atoms with Crippen LogP contribution in [-0.4, -0.2) is 38.6 Å². The van der Waals surface area contributed by atoms with Crippen LogP contribution in [0.2, 0.25) is 0 Å². The molecule has 0 unspecified atom stereocenters. The fourth-order valence-corrected chi connectivity index (χ4v) is 2.90. The molecule has 0 saturated carbocycles. The number of hydrogen-bond donors (Lipinski definition) is 2. The number of fused-ring (bicyclic) bond motifs is 1. The van der Waals surface area contributed by atoms with Crippen molar-refractivity contribution in [2.24, 2.45) is 0 Å². The molecule has 0 aliphatic heterocycles. The second-order valence-corrected chi connectivity index (χ2v) is 6.11. The number of anilines is 1. The van der Waals surface area contributed by atoms with Gasteiger partial charge >= 0.3 is 5.97 Å². The molecule has 2 N–H and O–H groups in total. The van der Waals surface area contributed by atoms with Crippen LogP contribution in [0, 0.1) is 0 Å². The highest BCUT2D eigenvalue weighted by Crippen LogP contribution is 2.25. The first-order valence-corrected chi connectivity index (χ1v) is 7.94. The van der Waals surface area contributed by atoms with Crippen LogP contribution in [-0.2, 0) is 0 Å². The van der Waals surface area contributed by atoms with Gasteiger partial charge in [-0.05, 0) is 24.5 Å². The predicted octanol–water partition coefficient (Wildman–Crippen LogP) is 2.35. The van der Waals surface area contributed by atoms with Crippen molar-refractivity contribution in [1.29, 1.82) is 0 Å². The molecule has 112 valence electrons. The van der Waals surface area contributed by atoms with Gasteiger partial charge in [0.15, 0.2) is 4.34 Å². The maximum atomic E-state index is 12.2. The summed E-state index contributed by atoms with van der Waals surface area (Å²) in [4.78, 5) is 23.1. The summed E-state index contributed by atoms with van der Waals surface area (Å²) in [6.45, 7) is 0. The molecule has 8 nitrogen and oxygen atoms in total. The third-order valence-corrected chi connectivity index (χ3v) is 4.55. The molecule has 0 fully saturated rings. The molecule has 0 aliphatic rings. The number of nitrogens with zero attached hydrogens (tertiary/aromatic N) is 3. The Hall–Kier alpha value is -2.46. The Kier molecular flexibility index (Phi) is 3.77. The second kappa shape index (κ2) is 5.73. The van der Waals surface area contributed by atoms with Gasteiger partial charge in [0.05, 0.1) is 10.9 Å². The van der Waals surface area contributed by atoms with Crippen LogP contribution in [0.15, 0.2) is 27.1 Å². The zero-order chi connectivity index (χ0) is 15.7. The largest absolute Gasteiger partial charge is 0.478 e. The third-order valence-electron chi connectivity index (χ3n) is 2.73. The number of carbonyl (C=O) groups is 2. The summed E-state index contributed by atoms with van der Waals surface area (Å²) in [5, 5.41) is 23.7. The standard InChI is InChI=1S/C12H8N4O4S2/c1-21-12-15-14-11(22-12)13-9(17)8-6-3-2-5(10(18)19)4-7(6)16-20-8/h2-4H,1H3,(H,18,19)(H,13,14,17). The average Bonchev–Trinajstić information content (AvgIpc) is 3.12. The van der Waals surface area contributed by atoms with E-state index in [1.807, 2.05) is 6.26 Å². The Labute approximate surface area is 131 Å². The van der Waals surface area contributed by atoms with Crippen molar-refractivity contribution >= 4 is 51.0 Å². The third kappa shape index (κ3) is 2.65. The van der Waals surface area contributed by atoms with Crippen LogP contribution < -0.4 is 5.32 Å². The molecular formula is C12H8N4O4S2. The molecule has 1 aromatic carbocycles. The van der Waals surface area contributed by atoms with Crippen molar-refractivity contribution in [2.45, 2.75) is 4.34 Å². The molecule has 0 spiro atoms. The fourth-order valence-electron chi connectivity index (χ4n) is 1.74. The zero-order valence-corrected chi connectivity index (χ0v) is 12.7. The Morgan fingerprint density at radius 1 is 1.36 bits per heavy atom. The van der Waals surface area contributed by atoms with E-state index in [4.69, 9.17) is 9.63 Å². The van der Waals surface area contributed by atoms with E-state index >= 15 is 0 Å². The van der Waals surface area contributed by atoms with Crippen LogP contribution in [0.3, 0.4) is 0 Å². The smallest absolute Gasteiger partial charge is 0.335 e. The second-order valence-electron chi connectivity index (χ2n) is 4.08. The van der Waals surface area contributed by atoms with Crippen molar-refractivity contribution in [2.75, 3.05) is 11.6 Å². The van der Waals surface area contributed by atoms with E-state index in [1.54, 1.807) is 0 Å². The number of nitrogens with one attached hydrogen (secondary N) is 1. The monoisotopic (exact) mass is 336 g/mol. The van der Waals surface area contributed by atoms with E-state index in [2.05, 4.69) is 20.7 Å². The molecule has 0 radical (unpaired) electrons. The molecule has 3 aromatic rings. The number of carbonyl (C=O) groups excluding carboxylic acids is 1. The Morgan fingerprint density at radius 2 is 2.18 bits per heavy atom. The number of thioether (sulfide) groups is 1. The normalized spacial score (nSPS) is 10.8. The van der Waals surface area contributed by atoms with Crippen LogP contribution >= 0.6 is 23.1 Å². The molecular weight excluding hydrogens is 328 g/mol. The Morgan fingerprint density at radius 3 is 2.86 bits per heavy atom. The molecule has 0 bridgehead atoms. The van der Waals surface area contributed by atoms with E-state index in [-0.39, 0.29) is 11.3 Å². The lowest BCUT2D eigenvalue weighted by Gasteiger charge is -1.97. The summed E-state index contributed by atoms with van der Waals surface area (Å²) < 4.78 is 5.74. The molecule has 2 aromatic heterocycles. The summed E-state index contributed by atoms with van der Waals surface area (Å²) in [7, 11) is 0. The molecule has 1 amide bonds. The number of aromatic carboxylic acids is 1. The fraction of sp³-hybridized carbons (Fsp3) is 0.0833. The van der Waals surface area contributed by atoms with Gasteiger partial charge in [0.2, 0.25) is 10.9 Å². The first kappa shape index (κ1) is 14.5. The first-order valence-electron chi connectivity index (χ1n) is 5.90. The molecule has 22 heavy (non-hydrogen) atoms. The number of rotatable bonds is 4. The summed E-state index contributed by atoms with van der Waals surface area (Å²) in [6, 6.07) is 4.21. The Bertz CT molecular complexity index is 873. The van der Waals surface area contributed by atoms with Gasteiger partial charge in [0.25, 0.3) is 5.91 Å². The predicted molar refractivity (Wildman–Crippen MR) is 80.6 cm³/mol. The highest BCUT2D eigenvalue weighted by Gasteiger charge is 2.19. The average molecular weight is 336 g/mol. The van der Waals surface area contributed by atoms with E-state index in [9.17, 15) is 9.59 Å². The zero-order valence-electron chi connectivity index (χ0n) is 11.1. The lowest BCUT2D eigenvalue weighted by Crippen LogP contribution is -2.11. The number of carboxylic acid groups (broad SMARTS) is 1. The minimum atomic E-state index is -1.07. The van der Waals surface area contributed by atoms with Crippen LogP contribution in [0.1, 0.15) is 20.9 Å². The maximum Gasteiger partial charge on any atom is 0.335 e. The first-order chi connectivity index (χ1) is 10.6. The number of hydrogen-bond acceptors (Lipinski definition) is 8. The number of carboxylic acids is 1. The van der Waals surface area contributed by atoms with E-state index in [1.165, 1.54) is 41.3 Å². The van der Waals surface area contributed by atoms with Crippen LogP contribution in [0.4, 0.5) is 5.13 Å². The molecule has 0 saturated heterocycles. The minimum absolute atomic E-state index is 0.00663. The van der Waals surface area contributed by atoms with Gasteiger partial charge in [-0.1, -0.05) is 28.3 Å². The number of benzene rings is 1. The maximum absolute atomic E-state index is 12.2. The molecule has 0 atom stereocenters. The highest BCUT2D eigenvalue weighted by molar-refractivity contribution is 8.00. The molecule has 0 aliphatic carbocycles. The van der Waals surface area contributed by atoms with Crippen molar-refractivity contribution in [3.05, 3.63) is 29.5 Å². The van der Waals surface area contributed by atoms with Gasteiger partial charge in [-0.25, -0.2) is 4.79 Å². The van der Waals surface area contributed by atoms with Gasteiger partial charge in [-0.15, -0.1) is 10.2 Å². The lowest BCUT2D eigenvalue weighted by molar-refractivity contribution is 0.0697. The number of amides is 1. The van der Waals surface area contributed by atoms with Crippen LogP contribution in [0.5, 0.6) is 0 Å². The quantitative estimate of drug-likeness (QED) is 0.550.